The van der Waals surface area contributed by atoms with Crippen LogP contribution in [0.1, 0.15) is 29.8 Å². The molecule has 0 N–H and O–H groups in total. The van der Waals surface area contributed by atoms with Crippen LogP contribution in [0.25, 0.3) is 0 Å². The summed E-state index contributed by atoms with van der Waals surface area (Å²) in [5.41, 5.74) is 3.49. The smallest absolute Gasteiger partial charge is 0.147 e. The molecular formula is C20H27N5. The van der Waals surface area contributed by atoms with E-state index in [1.54, 1.807) is 0 Å². The van der Waals surface area contributed by atoms with Crippen molar-refractivity contribution >= 4 is 5.82 Å². The zero-order valence-electron chi connectivity index (χ0n) is 15.4. The Morgan fingerprint density at radius 1 is 1.12 bits per heavy atom. The number of anilines is 1. The lowest BCUT2D eigenvalue weighted by molar-refractivity contribution is 0.293. The summed E-state index contributed by atoms with van der Waals surface area (Å²) in [4.78, 5) is 18.5. The van der Waals surface area contributed by atoms with E-state index in [9.17, 15) is 0 Å². The Balaban J connectivity index is 1.44. The lowest BCUT2D eigenvalue weighted by atomic mass is 9.97. The number of fused-ring (bicyclic) bond motifs is 1. The van der Waals surface area contributed by atoms with E-state index in [0.717, 1.165) is 36.4 Å². The molecule has 5 heteroatoms. The molecule has 0 spiro atoms. The molecule has 0 radical (unpaired) electrons. The second kappa shape index (κ2) is 6.71. The van der Waals surface area contributed by atoms with E-state index < -0.39 is 0 Å². The lowest BCUT2D eigenvalue weighted by Crippen LogP contribution is -2.38. The van der Waals surface area contributed by atoms with Crippen molar-refractivity contribution in [3.05, 3.63) is 47.7 Å². The molecule has 3 atom stereocenters. The third-order valence-corrected chi connectivity index (χ3v) is 6.01. The van der Waals surface area contributed by atoms with Gasteiger partial charge in [-0.1, -0.05) is 6.07 Å². The van der Waals surface area contributed by atoms with Gasteiger partial charge < -0.3 is 4.90 Å². The predicted octanol–water partition coefficient (Wildman–Crippen LogP) is 2.84. The Bertz CT molecular complexity index is 729. The Morgan fingerprint density at radius 2 is 2.00 bits per heavy atom. The van der Waals surface area contributed by atoms with Gasteiger partial charge in [0.1, 0.15) is 5.82 Å². The van der Waals surface area contributed by atoms with Crippen molar-refractivity contribution in [1.29, 1.82) is 0 Å². The number of hydrogen-bond donors (Lipinski definition) is 0. The topological polar surface area (TPSA) is 45.2 Å². The Hall–Kier alpha value is -2.01. The minimum absolute atomic E-state index is 0.567. The standard InChI is InChI=1S/C20H27N5/c1-14-5-4-8-21-18(14)13-25-11-16-6-7-19(17(16)12-25)24(3)20-10-22-15(2)9-23-20/h4-5,8-10,16-17,19H,6-7,11-13H2,1-3H3/t16-,17+,19-/m1/s1. The van der Waals surface area contributed by atoms with Gasteiger partial charge >= 0.3 is 0 Å². The number of aryl methyl sites for hydroxylation is 2. The maximum absolute atomic E-state index is 4.58. The average Bonchev–Trinajstić information content (AvgIpc) is 3.17. The van der Waals surface area contributed by atoms with Gasteiger partial charge in [0.05, 0.1) is 23.8 Å². The van der Waals surface area contributed by atoms with E-state index in [1.807, 2.05) is 31.6 Å². The minimum Gasteiger partial charge on any atom is -0.355 e. The van der Waals surface area contributed by atoms with Crippen molar-refractivity contribution < 1.29 is 0 Å². The van der Waals surface area contributed by atoms with Crippen LogP contribution in [0.4, 0.5) is 5.82 Å². The highest BCUT2D eigenvalue weighted by Crippen LogP contribution is 2.41. The van der Waals surface area contributed by atoms with E-state index >= 15 is 0 Å². The fourth-order valence-electron chi connectivity index (χ4n) is 4.57. The monoisotopic (exact) mass is 337 g/mol. The number of hydrogen-bond acceptors (Lipinski definition) is 5. The van der Waals surface area contributed by atoms with Crippen LogP contribution in [-0.4, -0.2) is 46.0 Å². The van der Waals surface area contributed by atoms with Crippen LogP contribution in [0, 0.1) is 25.7 Å². The van der Waals surface area contributed by atoms with Crippen LogP contribution in [0.3, 0.4) is 0 Å². The number of likely N-dealkylation sites (tertiary alicyclic amines) is 1. The van der Waals surface area contributed by atoms with Crippen molar-refractivity contribution in [3.63, 3.8) is 0 Å². The second-order valence-corrected chi connectivity index (χ2v) is 7.66. The summed E-state index contributed by atoms with van der Waals surface area (Å²) in [6.07, 6.45) is 8.26. The van der Waals surface area contributed by atoms with E-state index in [2.05, 4.69) is 44.8 Å². The molecule has 5 nitrogen and oxygen atoms in total. The number of aromatic nitrogens is 3. The Kier molecular flexibility index (Phi) is 4.42. The fourth-order valence-corrected chi connectivity index (χ4v) is 4.57. The normalized spacial score (nSPS) is 26.0. The minimum atomic E-state index is 0.567. The van der Waals surface area contributed by atoms with E-state index in [0.29, 0.717) is 6.04 Å². The SMILES string of the molecule is Cc1cnc(N(C)[C@@H]2CC[C@@H]3CN(Cc4ncccc4C)C[C@@H]32)cn1. The van der Waals surface area contributed by atoms with E-state index in [-0.39, 0.29) is 0 Å². The van der Waals surface area contributed by atoms with Gasteiger partial charge in [0.25, 0.3) is 0 Å². The van der Waals surface area contributed by atoms with E-state index in [4.69, 9.17) is 0 Å². The highest BCUT2D eigenvalue weighted by Gasteiger charge is 2.44. The van der Waals surface area contributed by atoms with Gasteiger partial charge in [0, 0.05) is 38.9 Å². The third-order valence-electron chi connectivity index (χ3n) is 6.01. The number of pyridine rings is 1. The van der Waals surface area contributed by atoms with Gasteiger partial charge in [-0.15, -0.1) is 0 Å². The Morgan fingerprint density at radius 3 is 2.76 bits per heavy atom. The van der Waals surface area contributed by atoms with Crippen molar-refractivity contribution in [2.75, 3.05) is 25.0 Å². The summed E-state index contributed by atoms with van der Waals surface area (Å²) < 4.78 is 0. The van der Waals surface area contributed by atoms with Crippen LogP contribution < -0.4 is 4.90 Å². The number of nitrogens with zero attached hydrogens (tertiary/aromatic N) is 5. The van der Waals surface area contributed by atoms with Gasteiger partial charge in [0.2, 0.25) is 0 Å². The fraction of sp³-hybridized carbons (Fsp3) is 0.550. The second-order valence-electron chi connectivity index (χ2n) is 7.66. The maximum atomic E-state index is 4.58. The van der Waals surface area contributed by atoms with Crippen LogP contribution >= 0.6 is 0 Å². The zero-order valence-corrected chi connectivity index (χ0v) is 15.4. The van der Waals surface area contributed by atoms with E-state index in [1.165, 1.54) is 30.6 Å². The first-order valence-corrected chi connectivity index (χ1v) is 9.26. The van der Waals surface area contributed by atoms with Gasteiger partial charge in [-0.25, -0.2) is 4.98 Å². The molecule has 2 aromatic rings. The summed E-state index contributed by atoms with van der Waals surface area (Å²) in [6, 6.07) is 4.74. The molecule has 1 aliphatic heterocycles. The molecule has 25 heavy (non-hydrogen) atoms. The summed E-state index contributed by atoms with van der Waals surface area (Å²) in [6.45, 7) is 7.47. The molecule has 2 aromatic heterocycles. The quantitative estimate of drug-likeness (QED) is 0.858. The molecule has 0 amide bonds. The molecule has 0 aromatic carbocycles. The largest absolute Gasteiger partial charge is 0.355 e. The van der Waals surface area contributed by atoms with Crippen LogP contribution in [0.5, 0.6) is 0 Å². The molecule has 1 saturated heterocycles. The molecule has 2 fully saturated rings. The predicted molar refractivity (Wildman–Crippen MR) is 99.4 cm³/mol. The first-order valence-electron chi connectivity index (χ1n) is 9.26. The van der Waals surface area contributed by atoms with Gasteiger partial charge in [-0.2, -0.15) is 0 Å². The lowest BCUT2D eigenvalue weighted by Gasteiger charge is -2.30. The first kappa shape index (κ1) is 16.5. The first-order chi connectivity index (χ1) is 12.1. The maximum Gasteiger partial charge on any atom is 0.147 e. The summed E-state index contributed by atoms with van der Waals surface area (Å²) >= 11 is 0. The van der Waals surface area contributed by atoms with Crippen molar-refractivity contribution in [2.24, 2.45) is 11.8 Å². The molecule has 0 unspecified atom stereocenters. The van der Waals surface area contributed by atoms with Crippen LogP contribution in [0.15, 0.2) is 30.7 Å². The van der Waals surface area contributed by atoms with Gasteiger partial charge in [0.15, 0.2) is 0 Å². The molecule has 132 valence electrons. The van der Waals surface area contributed by atoms with Gasteiger partial charge in [-0.3, -0.25) is 14.9 Å². The van der Waals surface area contributed by atoms with Crippen molar-refractivity contribution in [1.82, 2.24) is 19.9 Å². The summed E-state index contributed by atoms with van der Waals surface area (Å²) in [7, 11) is 2.18. The van der Waals surface area contributed by atoms with Crippen LogP contribution in [-0.2, 0) is 6.54 Å². The summed E-state index contributed by atoms with van der Waals surface area (Å²) in [5, 5.41) is 0. The molecule has 4 rings (SSSR count). The van der Waals surface area contributed by atoms with Gasteiger partial charge in [-0.05, 0) is 50.2 Å². The highest BCUT2D eigenvalue weighted by molar-refractivity contribution is 5.37. The average molecular weight is 337 g/mol. The van der Waals surface area contributed by atoms with Crippen LogP contribution in [0.2, 0.25) is 0 Å². The molecule has 2 aliphatic rings. The highest BCUT2D eigenvalue weighted by atomic mass is 15.2. The van der Waals surface area contributed by atoms with Crippen molar-refractivity contribution in [2.45, 2.75) is 39.3 Å². The van der Waals surface area contributed by atoms with Crippen molar-refractivity contribution in [3.8, 4) is 0 Å². The summed E-state index contributed by atoms with van der Waals surface area (Å²) in [5.74, 6) is 2.52. The molecule has 3 heterocycles. The number of rotatable bonds is 4. The molecule has 0 bridgehead atoms. The zero-order chi connectivity index (χ0) is 17.4. The molecule has 1 aliphatic carbocycles. The Labute approximate surface area is 150 Å². The third kappa shape index (κ3) is 3.25. The molecular weight excluding hydrogens is 310 g/mol. The molecule has 1 saturated carbocycles.